The smallest absolute Gasteiger partial charge is 0.0622 e. The van der Waals surface area contributed by atoms with E-state index in [2.05, 4.69) is 16.7 Å². The molecule has 0 bridgehead atoms. The minimum absolute atomic E-state index is 0.724. The van der Waals surface area contributed by atoms with E-state index in [0.717, 1.165) is 31.2 Å². The van der Waals surface area contributed by atoms with E-state index >= 15 is 0 Å². The van der Waals surface area contributed by atoms with E-state index in [1.54, 1.807) is 0 Å². The molecular formula is C16H30N2O. The highest BCUT2D eigenvalue weighted by atomic mass is 16.5. The van der Waals surface area contributed by atoms with Crippen LogP contribution in [-0.4, -0.2) is 61.3 Å². The minimum Gasteiger partial charge on any atom is -0.380 e. The molecule has 3 aliphatic heterocycles. The van der Waals surface area contributed by atoms with Crippen molar-refractivity contribution in [3.63, 3.8) is 0 Å². The van der Waals surface area contributed by atoms with Crippen LogP contribution in [0.15, 0.2) is 0 Å². The average molecular weight is 266 g/mol. The Balaban J connectivity index is 1.50. The van der Waals surface area contributed by atoms with Crippen molar-refractivity contribution in [3.05, 3.63) is 0 Å². The number of ether oxygens (including phenoxy) is 1. The van der Waals surface area contributed by atoms with Crippen molar-refractivity contribution < 1.29 is 4.74 Å². The first-order valence-corrected chi connectivity index (χ1v) is 8.39. The normalized spacial score (nSPS) is 38.7. The summed E-state index contributed by atoms with van der Waals surface area (Å²) in [6, 6.07) is 1.54. The number of likely N-dealkylation sites (tertiary alicyclic amines) is 2. The van der Waals surface area contributed by atoms with Gasteiger partial charge in [-0.1, -0.05) is 6.42 Å². The molecule has 0 saturated carbocycles. The van der Waals surface area contributed by atoms with E-state index < -0.39 is 0 Å². The van der Waals surface area contributed by atoms with E-state index in [1.165, 1.54) is 64.7 Å². The third-order valence-corrected chi connectivity index (χ3v) is 5.41. The molecule has 3 saturated heterocycles. The Hall–Kier alpha value is -0.120. The Morgan fingerprint density at radius 3 is 2.79 bits per heavy atom. The Bertz CT molecular complexity index is 278. The molecule has 0 amide bonds. The van der Waals surface area contributed by atoms with Gasteiger partial charge in [0, 0.05) is 31.8 Å². The summed E-state index contributed by atoms with van der Waals surface area (Å²) in [5, 5.41) is 0. The van der Waals surface area contributed by atoms with E-state index in [4.69, 9.17) is 4.74 Å². The first kappa shape index (κ1) is 13.8. The van der Waals surface area contributed by atoms with Gasteiger partial charge in [0.15, 0.2) is 0 Å². The van der Waals surface area contributed by atoms with Crippen LogP contribution < -0.4 is 0 Å². The quantitative estimate of drug-likeness (QED) is 0.780. The highest BCUT2D eigenvalue weighted by Crippen LogP contribution is 2.25. The summed E-state index contributed by atoms with van der Waals surface area (Å²) in [6.45, 7) is 9.68. The minimum atomic E-state index is 0.724. The maximum absolute atomic E-state index is 5.56. The number of hydrogen-bond donors (Lipinski definition) is 0. The standard InChI is InChI=1S/C16H30N2O/c1-14-5-2-3-8-17(14)11-15-6-4-9-18(12-15)16-7-10-19-13-16/h14-16H,2-13H2,1H3/t14-,15+,16+/m1/s1. The van der Waals surface area contributed by atoms with Crippen LogP contribution in [0.5, 0.6) is 0 Å². The zero-order valence-corrected chi connectivity index (χ0v) is 12.5. The maximum atomic E-state index is 5.56. The average Bonchev–Trinajstić information content (AvgIpc) is 2.96. The van der Waals surface area contributed by atoms with Crippen molar-refractivity contribution >= 4 is 0 Å². The zero-order chi connectivity index (χ0) is 13.1. The van der Waals surface area contributed by atoms with Gasteiger partial charge < -0.3 is 9.64 Å². The SMILES string of the molecule is C[C@@H]1CCCCN1C[C@@H]1CCCN([C@H]2CCOC2)C1. The van der Waals surface area contributed by atoms with Crippen LogP contribution >= 0.6 is 0 Å². The van der Waals surface area contributed by atoms with Gasteiger partial charge in [-0.15, -0.1) is 0 Å². The Morgan fingerprint density at radius 2 is 2.00 bits per heavy atom. The lowest BCUT2D eigenvalue weighted by molar-refractivity contribution is 0.0682. The highest BCUT2D eigenvalue weighted by molar-refractivity contribution is 4.84. The first-order chi connectivity index (χ1) is 9.33. The predicted molar refractivity (Wildman–Crippen MR) is 78.4 cm³/mol. The van der Waals surface area contributed by atoms with Gasteiger partial charge in [-0.2, -0.15) is 0 Å². The third kappa shape index (κ3) is 3.50. The van der Waals surface area contributed by atoms with Crippen LogP contribution in [0.2, 0.25) is 0 Å². The van der Waals surface area contributed by atoms with Crippen LogP contribution in [0.3, 0.4) is 0 Å². The van der Waals surface area contributed by atoms with Gasteiger partial charge in [0.1, 0.15) is 0 Å². The second-order valence-electron chi connectivity index (χ2n) is 6.86. The van der Waals surface area contributed by atoms with Crippen molar-refractivity contribution in [2.45, 2.75) is 57.5 Å². The van der Waals surface area contributed by atoms with E-state index in [0.29, 0.717) is 0 Å². The molecule has 3 fully saturated rings. The van der Waals surface area contributed by atoms with Crippen LogP contribution in [-0.2, 0) is 4.74 Å². The fraction of sp³-hybridized carbons (Fsp3) is 1.00. The van der Waals surface area contributed by atoms with Gasteiger partial charge >= 0.3 is 0 Å². The van der Waals surface area contributed by atoms with E-state index in [-0.39, 0.29) is 0 Å². The fourth-order valence-corrected chi connectivity index (χ4v) is 4.15. The summed E-state index contributed by atoms with van der Waals surface area (Å²) in [6.07, 6.45) is 8.35. The molecule has 0 radical (unpaired) electrons. The van der Waals surface area contributed by atoms with Gasteiger partial charge in [-0.3, -0.25) is 4.90 Å². The monoisotopic (exact) mass is 266 g/mol. The summed E-state index contributed by atoms with van der Waals surface area (Å²) in [4.78, 5) is 5.47. The molecule has 0 spiro atoms. The lowest BCUT2D eigenvalue weighted by atomic mass is 9.93. The molecule has 19 heavy (non-hydrogen) atoms. The summed E-state index contributed by atoms with van der Waals surface area (Å²) in [7, 11) is 0. The lowest BCUT2D eigenvalue weighted by Gasteiger charge is -2.41. The van der Waals surface area contributed by atoms with Crippen molar-refractivity contribution in [1.29, 1.82) is 0 Å². The van der Waals surface area contributed by atoms with Crippen molar-refractivity contribution in [1.82, 2.24) is 9.80 Å². The fourth-order valence-electron chi connectivity index (χ4n) is 4.15. The zero-order valence-electron chi connectivity index (χ0n) is 12.5. The van der Waals surface area contributed by atoms with Crippen molar-refractivity contribution in [3.8, 4) is 0 Å². The third-order valence-electron chi connectivity index (χ3n) is 5.41. The molecule has 0 aromatic carbocycles. The highest BCUT2D eigenvalue weighted by Gasteiger charge is 2.30. The van der Waals surface area contributed by atoms with E-state index in [1.807, 2.05) is 0 Å². The van der Waals surface area contributed by atoms with Crippen LogP contribution in [0.1, 0.15) is 45.4 Å². The maximum Gasteiger partial charge on any atom is 0.0622 e. The molecule has 0 aliphatic carbocycles. The van der Waals surface area contributed by atoms with Gasteiger partial charge in [0.2, 0.25) is 0 Å². The Kier molecular flexibility index (Phi) is 4.78. The number of hydrogen-bond acceptors (Lipinski definition) is 3. The predicted octanol–water partition coefficient (Wildman–Crippen LogP) is 2.36. The number of rotatable bonds is 3. The van der Waals surface area contributed by atoms with Crippen LogP contribution in [0.4, 0.5) is 0 Å². The molecule has 3 heterocycles. The number of nitrogens with zero attached hydrogens (tertiary/aromatic N) is 2. The summed E-state index contributed by atoms with van der Waals surface area (Å²) >= 11 is 0. The Labute approximate surface area is 118 Å². The molecule has 0 aromatic rings. The molecule has 0 aromatic heterocycles. The molecule has 3 heteroatoms. The second kappa shape index (κ2) is 6.55. The first-order valence-electron chi connectivity index (χ1n) is 8.39. The van der Waals surface area contributed by atoms with Gasteiger partial charge in [-0.05, 0) is 58.0 Å². The van der Waals surface area contributed by atoms with Gasteiger partial charge in [0.25, 0.3) is 0 Å². The molecule has 3 rings (SSSR count). The second-order valence-corrected chi connectivity index (χ2v) is 6.86. The topological polar surface area (TPSA) is 15.7 Å². The van der Waals surface area contributed by atoms with Gasteiger partial charge in [-0.25, -0.2) is 0 Å². The largest absolute Gasteiger partial charge is 0.380 e. The molecule has 0 unspecified atom stereocenters. The molecule has 3 atom stereocenters. The number of piperidine rings is 2. The summed E-state index contributed by atoms with van der Waals surface area (Å²) in [5.41, 5.74) is 0. The molecular weight excluding hydrogens is 236 g/mol. The van der Waals surface area contributed by atoms with Crippen molar-refractivity contribution in [2.75, 3.05) is 39.4 Å². The molecule has 3 aliphatic rings. The molecule has 110 valence electrons. The van der Waals surface area contributed by atoms with Crippen LogP contribution in [0.25, 0.3) is 0 Å². The van der Waals surface area contributed by atoms with Gasteiger partial charge in [0.05, 0.1) is 6.61 Å². The molecule has 3 nitrogen and oxygen atoms in total. The van der Waals surface area contributed by atoms with Crippen LogP contribution in [0, 0.1) is 5.92 Å². The lowest BCUT2D eigenvalue weighted by Crippen LogP contribution is -2.48. The Morgan fingerprint density at radius 1 is 1.05 bits per heavy atom. The molecule has 0 N–H and O–H groups in total. The van der Waals surface area contributed by atoms with Crippen molar-refractivity contribution in [2.24, 2.45) is 5.92 Å². The summed E-state index contributed by atoms with van der Waals surface area (Å²) < 4.78 is 5.56. The summed E-state index contributed by atoms with van der Waals surface area (Å²) in [5.74, 6) is 0.898. The van der Waals surface area contributed by atoms with E-state index in [9.17, 15) is 0 Å².